The number of hydrogen-bond acceptors (Lipinski definition) is 2. The second-order valence-electron chi connectivity index (χ2n) is 8.07. The number of hydrogen-bond donors (Lipinski definition) is 1. The summed E-state index contributed by atoms with van der Waals surface area (Å²) in [6.07, 6.45) is 8.02. The van der Waals surface area contributed by atoms with E-state index in [0.717, 1.165) is 24.3 Å². The van der Waals surface area contributed by atoms with Crippen molar-refractivity contribution in [3.05, 3.63) is 0 Å². The maximum atomic E-state index is 5.74. The van der Waals surface area contributed by atoms with Crippen molar-refractivity contribution in [3.8, 4) is 0 Å². The number of rotatable bonds is 6. The Hall–Kier alpha value is -0.0800. The maximum absolute atomic E-state index is 5.74. The lowest BCUT2D eigenvalue weighted by molar-refractivity contribution is 0.0963. The van der Waals surface area contributed by atoms with E-state index in [4.69, 9.17) is 5.73 Å². The largest absolute Gasteiger partial charge is 0.326 e. The molecule has 1 saturated heterocycles. The molecule has 1 fully saturated rings. The van der Waals surface area contributed by atoms with Crippen LogP contribution in [-0.4, -0.2) is 29.6 Å². The van der Waals surface area contributed by atoms with Gasteiger partial charge in [0.1, 0.15) is 0 Å². The van der Waals surface area contributed by atoms with E-state index >= 15 is 0 Å². The molecule has 23 heavy (non-hydrogen) atoms. The molecule has 1 aliphatic rings. The van der Waals surface area contributed by atoms with Gasteiger partial charge in [-0.15, -0.1) is 0 Å². The van der Waals surface area contributed by atoms with Gasteiger partial charge in [-0.25, -0.2) is 0 Å². The summed E-state index contributed by atoms with van der Waals surface area (Å²) in [7, 11) is 0. The SMILES string of the molecule is CC.CC(C)CC(C)(C)N.CCCCN1CCCC(C)C1CC. The van der Waals surface area contributed by atoms with E-state index in [1.165, 1.54) is 45.2 Å². The van der Waals surface area contributed by atoms with Crippen LogP contribution in [0, 0.1) is 11.8 Å². The molecular formula is C21H48N2. The number of piperidine rings is 1. The highest BCUT2D eigenvalue weighted by Crippen LogP contribution is 2.25. The zero-order chi connectivity index (χ0) is 18.5. The molecule has 1 rings (SSSR count). The van der Waals surface area contributed by atoms with Crippen LogP contribution in [0.5, 0.6) is 0 Å². The summed E-state index contributed by atoms with van der Waals surface area (Å²) in [5.41, 5.74) is 5.76. The Bertz CT molecular complexity index is 243. The van der Waals surface area contributed by atoms with Gasteiger partial charge in [0.15, 0.2) is 0 Å². The molecule has 1 aliphatic heterocycles. The molecule has 0 aromatic rings. The molecule has 2 nitrogen and oxygen atoms in total. The Morgan fingerprint density at radius 1 is 1.17 bits per heavy atom. The predicted molar refractivity (Wildman–Crippen MR) is 108 cm³/mol. The van der Waals surface area contributed by atoms with Crippen LogP contribution in [0.3, 0.4) is 0 Å². The lowest BCUT2D eigenvalue weighted by atomic mass is 9.89. The molecule has 1 heterocycles. The predicted octanol–water partition coefficient (Wildman–Crippen LogP) is 6.09. The van der Waals surface area contributed by atoms with Crippen LogP contribution in [0.1, 0.15) is 101 Å². The summed E-state index contributed by atoms with van der Waals surface area (Å²) in [5.74, 6) is 1.64. The van der Waals surface area contributed by atoms with Gasteiger partial charge in [0, 0.05) is 11.6 Å². The van der Waals surface area contributed by atoms with Gasteiger partial charge in [-0.2, -0.15) is 0 Å². The van der Waals surface area contributed by atoms with Crippen molar-refractivity contribution in [2.45, 2.75) is 112 Å². The van der Waals surface area contributed by atoms with Crippen LogP contribution >= 0.6 is 0 Å². The molecule has 0 aromatic carbocycles. The molecule has 0 aromatic heterocycles. The third-order valence-corrected chi connectivity index (χ3v) is 4.38. The molecule has 0 aliphatic carbocycles. The van der Waals surface area contributed by atoms with E-state index in [2.05, 4.69) is 53.4 Å². The number of nitrogens with two attached hydrogens (primary N) is 1. The Labute approximate surface area is 148 Å². The highest BCUT2D eigenvalue weighted by atomic mass is 15.2. The molecule has 2 unspecified atom stereocenters. The molecule has 0 bridgehead atoms. The maximum Gasteiger partial charge on any atom is 0.0118 e. The van der Waals surface area contributed by atoms with E-state index < -0.39 is 0 Å². The molecular weight excluding hydrogens is 280 g/mol. The highest BCUT2D eigenvalue weighted by molar-refractivity contribution is 4.80. The van der Waals surface area contributed by atoms with Crippen molar-refractivity contribution in [3.63, 3.8) is 0 Å². The Kier molecular flexibility index (Phi) is 15.6. The third-order valence-electron chi connectivity index (χ3n) is 4.38. The quantitative estimate of drug-likeness (QED) is 0.639. The van der Waals surface area contributed by atoms with Crippen LogP contribution in [-0.2, 0) is 0 Å². The second-order valence-corrected chi connectivity index (χ2v) is 8.07. The second kappa shape index (κ2) is 14.3. The van der Waals surface area contributed by atoms with Gasteiger partial charge in [0.25, 0.3) is 0 Å². The summed E-state index contributed by atoms with van der Waals surface area (Å²) in [6.45, 7) is 22.2. The summed E-state index contributed by atoms with van der Waals surface area (Å²) in [6, 6.07) is 0.875. The van der Waals surface area contributed by atoms with Crippen molar-refractivity contribution in [2.24, 2.45) is 17.6 Å². The fourth-order valence-corrected chi connectivity index (χ4v) is 3.69. The molecule has 142 valence electrons. The monoisotopic (exact) mass is 328 g/mol. The van der Waals surface area contributed by atoms with Crippen molar-refractivity contribution in [1.29, 1.82) is 0 Å². The molecule has 2 atom stereocenters. The lowest BCUT2D eigenvalue weighted by Crippen LogP contribution is -2.44. The summed E-state index contributed by atoms with van der Waals surface area (Å²) in [5, 5.41) is 0. The van der Waals surface area contributed by atoms with Gasteiger partial charge in [-0.05, 0) is 70.9 Å². The first-order valence-corrected chi connectivity index (χ1v) is 10.2. The number of unbranched alkanes of at least 4 members (excludes halogenated alkanes) is 1. The van der Waals surface area contributed by atoms with Crippen LogP contribution in [0.2, 0.25) is 0 Å². The van der Waals surface area contributed by atoms with Crippen molar-refractivity contribution < 1.29 is 0 Å². The van der Waals surface area contributed by atoms with Crippen LogP contribution < -0.4 is 5.73 Å². The van der Waals surface area contributed by atoms with E-state index in [-0.39, 0.29) is 5.54 Å². The Morgan fingerprint density at radius 2 is 1.74 bits per heavy atom. The first-order valence-electron chi connectivity index (χ1n) is 10.2. The first-order chi connectivity index (χ1) is 10.7. The van der Waals surface area contributed by atoms with E-state index in [1.807, 2.05) is 13.8 Å². The van der Waals surface area contributed by atoms with Gasteiger partial charge in [-0.3, -0.25) is 0 Å². The molecule has 0 saturated carbocycles. The smallest absolute Gasteiger partial charge is 0.0118 e. The average molecular weight is 329 g/mol. The van der Waals surface area contributed by atoms with Crippen molar-refractivity contribution in [2.75, 3.05) is 13.1 Å². The molecule has 0 spiro atoms. The lowest BCUT2D eigenvalue weighted by Gasteiger charge is -2.39. The molecule has 2 N–H and O–H groups in total. The molecule has 2 heteroatoms. The summed E-state index contributed by atoms with van der Waals surface area (Å²) < 4.78 is 0. The standard InChI is InChI=1S/C12H25N.C7H17N.C2H6/c1-4-6-9-13-10-7-8-11(3)12(13)5-2;1-6(2)5-7(3,4)8;1-2/h11-12H,4-10H2,1-3H3;6H,5,8H2,1-4H3;1-2H3. The summed E-state index contributed by atoms with van der Waals surface area (Å²) >= 11 is 0. The fourth-order valence-electron chi connectivity index (χ4n) is 3.69. The molecule has 0 amide bonds. The van der Waals surface area contributed by atoms with E-state index in [9.17, 15) is 0 Å². The Balaban J connectivity index is 0. The van der Waals surface area contributed by atoms with Gasteiger partial charge in [0.2, 0.25) is 0 Å². The van der Waals surface area contributed by atoms with Crippen molar-refractivity contribution in [1.82, 2.24) is 4.90 Å². The number of likely N-dealkylation sites (tertiary alicyclic amines) is 1. The van der Waals surface area contributed by atoms with Gasteiger partial charge < -0.3 is 10.6 Å². The highest BCUT2D eigenvalue weighted by Gasteiger charge is 2.25. The van der Waals surface area contributed by atoms with Crippen LogP contribution in [0.4, 0.5) is 0 Å². The zero-order valence-electron chi connectivity index (χ0n) is 17.9. The summed E-state index contributed by atoms with van der Waals surface area (Å²) in [4.78, 5) is 2.72. The topological polar surface area (TPSA) is 29.3 Å². The minimum atomic E-state index is 0.0220. The van der Waals surface area contributed by atoms with Gasteiger partial charge in [-0.1, -0.05) is 54.9 Å². The molecule has 0 radical (unpaired) electrons. The Morgan fingerprint density at radius 3 is 2.09 bits per heavy atom. The van der Waals surface area contributed by atoms with E-state index in [1.54, 1.807) is 0 Å². The minimum absolute atomic E-state index is 0.0220. The average Bonchev–Trinajstić information content (AvgIpc) is 2.45. The van der Waals surface area contributed by atoms with Gasteiger partial charge in [0.05, 0.1) is 0 Å². The number of nitrogens with zero attached hydrogens (tertiary/aromatic N) is 1. The van der Waals surface area contributed by atoms with Crippen LogP contribution in [0.25, 0.3) is 0 Å². The first kappa shape index (κ1) is 25.2. The van der Waals surface area contributed by atoms with Crippen molar-refractivity contribution >= 4 is 0 Å². The van der Waals surface area contributed by atoms with E-state index in [0.29, 0.717) is 0 Å². The zero-order valence-corrected chi connectivity index (χ0v) is 17.9. The van der Waals surface area contributed by atoms with Crippen LogP contribution in [0.15, 0.2) is 0 Å². The fraction of sp³-hybridized carbons (Fsp3) is 1.00. The normalized spacial score (nSPS) is 22.0. The van der Waals surface area contributed by atoms with Gasteiger partial charge >= 0.3 is 0 Å². The third kappa shape index (κ3) is 14.0. The minimum Gasteiger partial charge on any atom is -0.326 e.